The number of likely N-dealkylation sites (tertiary alicyclic amines) is 1. The molecule has 3 nitrogen and oxygen atoms in total. The third-order valence-electron chi connectivity index (χ3n) is 3.03. The molecular formula is C9H17ClN2O. The van der Waals surface area contributed by atoms with Crippen molar-refractivity contribution in [3.8, 4) is 0 Å². The zero-order valence-corrected chi connectivity index (χ0v) is 8.77. The normalized spacial score (nSPS) is 29.7. The molecule has 76 valence electrons. The van der Waals surface area contributed by atoms with Crippen LogP contribution in [0.2, 0.25) is 0 Å². The monoisotopic (exact) mass is 204 g/mol. The number of rotatable bonds is 1. The summed E-state index contributed by atoms with van der Waals surface area (Å²) in [5.41, 5.74) is 5.72. The minimum absolute atomic E-state index is 0. The maximum absolute atomic E-state index is 11.7. The van der Waals surface area contributed by atoms with Crippen molar-refractivity contribution in [2.75, 3.05) is 13.1 Å². The summed E-state index contributed by atoms with van der Waals surface area (Å²) in [7, 11) is 0. The molecule has 2 aliphatic rings. The number of carbonyl (C=O) groups excluding carboxylic acids is 1. The topological polar surface area (TPSA) is 46.3 Å². The first-order valence-corrected chi connectivity index (χ1v) is 4.67. The predicted octanol–water partition coefficient (Wildman–Crippen LogP) is 0.768. The van der Waals surface area contributed by atoms with Crippen LogP contribution in [0.1, 0.15) is 26.2 Å². The van der Waals surface area contributed by atoms with Gasteiger partial charge in [0.15, 0.2) is 0 Å². The molecule has 1 aliphatic carbocycles. The second-order valence-electron chi connectivity index (χ2n) is 4.36. The third-order valence-corrected chi connectivity index (χ3v) is 3.03. The van der Waals surface area contributed by atoms with E-state index >= 15 is 0 Å². The Morgan fingerprint density at radius 3 is 2.54 bits per heavy atom. The first kappa shape index (κ1) is 10.8. The summed E-state index contributed by atoms with van der Waals surface area (Å²) in [6.45, 7) is 3.70. The van der Waals surface area contributed by atoms with E-state index in [1.807, 2.05) is 4.90 Å². The van der Waals surface area contributed by atoms with Crippen LogP contribution in [-0.2, 0) is 4.79 Å². The van der Waals surface area contributed by atoms with Crippen LogP contribution >= 0.6 is 12.4 Å². The van der Waals surface area contributed by atoms with Gasteiger partial charge in [0.2, 0.25) is 5.91 Å². The Labute approximate surface area is 85.1 Å². The molecule has 2 rings (SSSR count). The number of halogens is 1. The van der Waals surface area contributed by atoms with E-state index in [0.29, 0.717) is 5.91 Å². The summed E-state index contributed by atoms with van der Waals surface area (Å²) >= 11 is 0. The fourth-order valence-corrected chi connectivity index (χ4v) is 1.75. The van der Waals surface area contributed by atoms with Gasteiger partial charge in [-0.25, -0.2) is 0 Å². The minimum Gasteiger partial charge on any atom is -0.341 e. The van der Waals surface area contributed by atoms with Crippen molar-refractivity contribution in [2.45, 2.75) is 32.2 Å². The average Bonchev–Trinajstić information content (AvgIpc) is 2.62. The molecule has 1 saturated heterocycles. The first-order valence-electron chi connectivity index (χ1n) is 4.67. The van der Waals surface area contributed by atoms with Crippen molar-refractivity contribution >= 4 is 18.3 Å². The molecule has 1 amide bonds. The van der Waals surface area contributed by atoms with Crippen LogP contribution in [0.4, 0.5) is 0 Å². The second kappa shape index (κ2) is 3.46. The van der Waals surface area contributed by atoms with E-state index in [9.17, 15) is 4.79 Å². The van der Waals surface area contributed by atoms with Gasteiger partial charge in [0, 0.05) is 24.5 Å². The smallest absolute Gasteiger partial charge is 0.228 e. The Morgan fingerprint density at radius 2 is 2.15 bits per heavy atom. The molecule has 0 bridgehead atoms. The van der Waals surface area contributed by atoms with Crippen molar-refractivity contribution in [2.24, 2.45) is 11.1 Å². The van der Waals surface area contributed by atoms with Crippen molar-refractivity contribution in [3.05, 3.63) is 0 Å². The summed E-state index contributed by atoms with van der Waals surface area (Å²) in [4.78, 5) is 13.7. The highest BCUT2D eigenvalue weighted by molar-refractivity contribution is 5.85. The van der Waals surface area contributed by atoms with Gasteiger partial charge in [-0.1, -0.05) is 6.92 Å². The molecule has 4 heteroatoms. The van der Waals surface area contributed by atoms with E-state index in [4.69, 9.17) is 5.73 Å². The molecule has 1 atom stereocenters. The minimum atomic E-state index is -0.00986. The summed E-state index contributed by atoms with van der Waals surface area (Å²) in [6, 6.07) is 0.219. The number of carbonyl (C=O) groups is 1. The molecule has 2 N–H and O–H groups in total. The van der Waals surface area contributed by atoms with Crippen molar-refractivity contribution in [3.63, 3.8) is 0 Å². The highest BCUT2D eigenvalue weighted by atomic mass is 35.5. The molecule has 1 heterocycles. The molecule has 1 aliphatic heterocycles. The van der Waals surface area contributed by atoms with Crippen LogP contribution in [0.25, 0.3) is 0 Å². The Hall–Kier alpha value is -0.280. The van der Waals surface area contributed by atoms with Gasteiger partial charge in [0.05, 0.1) is 0 Å². The van der Waals surface area contributed by atoms with Crippen LogP contribution in [0, 0.1) is 5.41 Å². The van der Waals surface area contributed by atoms with Gasteiger partial charge in [-0.3, -0.25) is 4.79 Å². The Balaban J connectivity index is 0.000000845. The molecule has 0 aromatic carbocycles. The molecule has 0 aromatic heterocycles. The molecule has 2 fully saturated rings. The van der Waals surface area contributed by atoms with Crippen molar-refractivity contribution < 1.29 is 4.79 Å². The molecule has 0 radical (unpaired) electrons. The molecule has 1 saturated carbocycles. The van der Waals surface area contributed by atoms with Crippen molar-refractivity contribution in [1.82, 2.24) is 4.90 Å². The maximum Gasteiger partial charge on any atom is 0.228 e. The van der Waals surface area contributed by atoms with E-state index in [1.165, 1.54) is 0 Å². The van der Waals surface area contributed by atoms with Gasteiger partial charge in [-0.15, -0.1) is 12.4 Å². The van der Waals surface area contributed by atoms with E-state index in [2.05, 4.69) is 6.92 Å². The molecule has 13 heavy (non-hydrogen) atoms. The number of hydrogen-bond donors (Lipinski definition) is 1. The third kappa shape index (κ3) is 1.97. The van der Waals surface area contributed by atoms with Crippen LogP contribution in [0.15, 0.2) is 0 Å². The Bertz CT molecular complexity index is 216. The fourth-order valence-electron chi connectivity index (χ4n) is 1.75. The Morgan fingerprint density at radius 1 is 1.54 bits per heavy atom. The van der Waals surface area contributed by atoms with Gasteiger partial charge in [-0.05, 0) is 19.3 Å². The highest BCUT2D eigenvalue weighted by Crippen LogP contribution is 2.46. The van der Waals surface area contributed by atoms with Crippen LogP contribution in [0.3, 0.4) is 0 Å². The zero-order valence-electron chi connectivity index (χ0n) is 7.95. The maximum atomic E-state index is 11.7. The zero-order chi connectivity index (χ0) is 8.77. The summed E-state index contributed by atoms with van der Waals surface area (Å²) in [5.74, 6) is 0.329. The van der Waals surface area contributed by atoms with E-state index in [0.717, 1.165) is 32.4 Å². The fraction of sp³-hybridized carbons (Fsp3) is 0.889. The highest BCUT2D eigenvalue weighted by Gasteiger charge is 2.47. The lowest BCUT2D eigenvalue weighted by molar-refractivity contribution is -0.135. The van der Waals surface area contributed by atoms with Gasteiger partial charge in [0.25, 0.3) is 0 Å². The number of nitrogens with two attached hydrogens (primary N) is 1. The summed E-state index contributed by atoms with van der Waals surface area (Å²) in [5, 5.41) is 0. The first-order chi connectivity index (χ1) is 5.62. The Kier molecular flexibility index (Phi) is 2.88. The molecule has 1 unspecified atom stereocenters. The van der Waals surface area contributed by atoms with E-state index in [1.54, 1.807) is 0 Å². The molecule has 0 spiro atoms. The number of hydrogen-bond acceptors (Lipinski definition) is 2. The predicted molar refractivity (Wildman–Crippen MR) is 53.8 cm³/mol. The standard InChI is InChI=1S/C9H16N2O.ClH/c1-9(3-4-9)8(12)11-5-2-7(10)6-11;/h7H,2-6,10H2,1H3;1H. The average molecular weight is 205 g/mol. The van der Waals surface area contributed by atoms with Gasteiger partial charge >= 0.3 is 0 Å². The number of amides is 1. The van der Waals surface area contributed by atoms with Crippen LogP contribution in [0.5, 0.6) is 0 Å². The summed E-state index contributed by atoms with van der Waals surface area (Å²) in [6.07, 6.45) is 3.11. The number of nitrogens with zero attached hydrogens (tertiary/aromatic N) is 1. The summed E-state index contributed by atoms with van der Waals surface area (Å²) < 4.78 is 0. The van der Waals surface area contributed by atoms with Crippen LogP contribution < -0.4 is 5.73 Å². The molecule has 0 aromatic rings. The second-order valence-corrected chi connectivity index (χ2v) is 4.36. The largest absolute Gasteiger partial charge is 0.341 e. The lowest BCUT2D eigenvalue weighted by Gasteiger charge is -2.19. The van der Waals surface area contributed by atoms with E-state index < -0.39 is 0 Å². The lowest BCUT2D eigenvalue weighted by Crippen LogP contribution is -2.36. The van der Waals surface area contributed by atoms with Crippen LogP contribution in [-0.4, -0.2) is 29.9 Å². The van der Waals surface area contributed by atoms with Gasteiger partial charge < -0.3 is 10.6 Å². The lowest BCUT2D eigenvalue weighted by atomic mass is 10.1. The molecular weight excluding hydrogens is 188 g/mol. The van der Waals surface area contributed by atoms with Crippen molar-refractivity contribution in [1.29, 1.82) is 0 Å². The SMILES string of the molecule is CC1(C(=O)N2CCC(N)C2)CC1.Cl. The van der Waals surface area contributed by atoms with E-state index in [-0.39, 0.29) is 23.9 Å². The quantitative estimate of drug-likeness (QED) is 0.686. The van der Waals surface area contributed by atoms with Gasteiger partial charge in [0.1, 0.15) is 0 Å². The van der Waals surface area contributed by atoms with Gasteiger partial charge in [-0.2, -0.15) is 0 Å².